The number of benzene rings is 2. The molecule has 236 valence electrons. The van der Waals surface area contributed by atoms with E-state index in [-0.39, 0.29) is 39.0 Å². The number of halogens is 4. The van der Waals surface area contributed by atoms with Gasteiger partial charge in [0.15, 0.2) is 6.23 Å². The lowest BCUT2D eigenvalue weighted by Crippen LogP contribution is -2.40. The van der Waals surface area contributed by atoms with Gasteiger partial charge in [-0.05, 0) is 55.3 Å². The molecule has 1 unspecified atom stereocenters. The van der Waals surface area contributed by atoms with Gasteiger partial charge in [0.1, 0.15) is 11.6 Å². The molecule has 0 spiro atoms. The van der Waals surface area contributed by atoms with Crippen molar-refractivity contribution in [3.8, 4) is 5.75 Å². The Bertz CT molecular complexity index is 1770. The summed E-state index contributed by atoms with van der Waals surface area (Å²) < 4.78 is 65.3. The number of fused-ring (bicyclic) bond motifs is 1. The van der Waals surface area contributed by atoms with Gasteiger partial charge in [-0.15, -0.1) is 11.3 Å². The highest BCUT2D eigenvalue weighted by Crippen LogP contribution is 2.44. The van der Waals surface area contributed by atoms with E-state index in [0.29, 0.717) is 54.4 Å². The monoisotopic (exact) mass is 644 g/mol. The normalized spacial score (nSPS) is 16.0. The molecule has 4 aromatic rings. The summed E-state index contributed by atoms with van der Waals surface area (Å²) in [7, 11) is 1.38. The van der Waals surface area contributed by atoms with E-state index in [1.54, 1.807) is 17.2 Å². The predicted molar refractivity (Wildman–Crippen MR) is 159 cm³/mol. The van der Waals surface area contributed by atoms with Crippen LogP contribution in [-0.4, -0.2) is 60.2 Å². The SMILES string of the molecule is COc1ccc(C(=O)N2CCOCC2)cc1C(=O)Nc1c(C(O)Nc2ccc(F)c(C(F)(F)F)c2)sc2cc(C3CC3)ncc12. The minimum Gasteiger partial charge on any atom is -0.496 e. The summed E-state index contributed by atoms with van der Waals surface area (Å²) in [5, 5.41) is 17.1. The van der Waals surface area contributed by atoms with Crippen LogP contribution in [0, 0.1) is 5.82 Å². The molecule has 2 aliphatic rings. The van der Waals surface area contributed by atoms with Crippen LogP contribution in [0.5, 0.6) is 5.75 Å². The molecule has 45 heavy (non-hydrogen) atoms. The Kier molecular flexibility index (Phi) is 8.37. The fourth-order valence-electron chi connectivity index (χ4n) is 5.15. The number of ether oxygens (including phenoxy) is 2. The zero-order valence-electron chi connectivity index (χ0n) is 23.9. The van der Waals surface area contributed by atoms with Gasteiger partial charge in [0.05, 0.1) is 42.0 Å². The lowest BCUT2D eigenvalue weighted by atomic mass is 10.1. The second kappa shape index (κ2) is 12.3. The first-order valence-electron chi connectivity index (χ1n) is 14.1. The second-order valence-electron chi connectivity index (χ2n) is 10.7. The average Bonchev–Trinajstić information content (AvgIpc) is 3.83. The number of pyridine rings is 1. The van der Waals surface area contributed by atoms with E-state index in [1.165, 1.54) is 19.2 Å². The molecule has 1 aliphatic carbocycles. The largest absolute Gasteiger partial charge is 0.496 e. The van der Waals surface area contributed by atoms with E-state index < -0.39 is 29.7 Å². The van der Waals surface area contributed by atoms with Gasteiger partial charge in [-0.3, -0.25) is 14.6 Å². The molecule has 1 saturated carbocycles. The van der Waals surface area contributed by atoms with Crippen molar-refractivity contribution in [2.24, 2.45) is 0 Å². The van der Waals surface area contributed by atoms with E-state index >= 15 is 0 Å². The third-order valence-corrected chi connectivity index (χ3v) is 8.87. The first-order valence-corrected chi connectivity index (χ1v) is 14.9. The number of aromatic nitrogens is 1. The fourth-order valence-corrected chi connectivity index (χ4v) is 6.27. The second-order valence-corrected chi connectivity index (χ2v) is 11.8. The Morgan fingerprint density at radius 2 is 1.89 bits per heavy atom. The molecule has 3 heterocycles. The van der Waals surface area contributed by atoms with Crippen molar-refractivity contribution in [1.29, 1.82) is 0 Å². The molecule has 2 amide bonds. The van der Waals surface area contributed by atoms with E-state index in [0.717, 1.165) is 35.9 Å². The lowest BCUT2D eigenvalue weighted by molar-refractivity contribution is -0.139. The van der Waals surface area contributed by atoms with Crippen molar-refractivity contribution < 1.29 is 41.7 Å². The maximum Gasteiger partial charge on any atom is 0.419 e. The van der Waals surface area contributed by atoms with Crippen molar-refractivity contribution in [2.75, 3.05) is 44.0 Å². The molecule has 9 nitrogen and oxygen atoms in total. The number of aliphatic hydroxyl groups is 1. The summed E-state index contributed by atoms with van der Waals surface area (Å²) in [5.41, 5.74) is -0.298. The van der Waals surface area contributed by atoms with Gasteiger partial charge >= 0.3 is 6.18 Å². The molecule has 1 atom stereocenters. The third-order valence-electron chi connectivity index (χ3n) is 7.67. The number of methoxy groups -OCH3 is 1. The molecule has 2 fully saturated rings. The topological polar surface area (TPSA) is 113 Å². The van der Waals surface area contributed by atoms with Crippen molar-refractivity contribution in [2.45, 2.75) is 31.2 Å². The first kappa shape index (κ1) is 30.7. The number of amides is 2. The van der Waals surface area contributed by atoms with Gasteiger partial charge in [0.25, 0.3) is 11.8 Å². The predicted octanol–water partition coefficient (Wildman–Crippen LogP) is 6.17. The lowest BCUT2D eigenvalue weighted by Gasteiger charge is -2.27. The maximum absolute atomic E-state index is 13.9. The number of thiophene rings is 1. The van der Waals surface area contributed by atoms with Crippen LogP contribution in [0.1, 0.15) is 61.8 Å². The minimum absolute atomic E-state index is 0.0558. The molecule has 6 rings (SSSR count). The maximum atomic E-state index is 13.9. The van der Waals surface area contributed by atoms with E-state index in [2.05, 4.69) is 15.6 Å². The summed E-state index contributed by atoms with van der Waals surface area (Å²) in [5.74, 6) is -1.85. The molecule has 1 saturated heterocycles. The van der Waals surface area contributed by atoms with Gasteiger partial charge in [-0.2, -0.15) is 13.2 Å². The van der Waals surface area contributed by atoms with Crippen molar-refractivity contribution >= 4 is 44.6 Å². The van der Waals surface area contributed by atoms with Gasteiger partial charge < -0.3 is 30.1 Å². The molecule has 3 N–H and O–H groups in total. The number of morpholine rings is 1. The van der Waals surface area contributed by atoms with Gasteiger partial charge in [0, 0.05) is 52.2 Å². The number of nitrogens with one attached hydrogen (secondary N) is 2. The first-order chi connectivity index (χ1) is 21.5. The van der Waals surface area contributed by atoms with Crippen molar-refractivity contribution in [1.82, 2.24) is 9.88 Å². The van der Waals surface area contributed by atoms with Crippen LogP contribution in [0.25, 0.3) is 10.1 Å². The number of hydrogen-bond acceptors (Lipinski definition) is 8. The molecule has 2 aromatic carbocycles. The standard InChI is InChI=1S/C31H28F4N4O5S/c1-43-24-7-4-17(30(42)39-8-10-44-11-9-39)12-19(24)28(40)38-26-20-15-36-23(16-2-3-16)14-25(20)45-27(26)29(41)37-18-5-6-22(32)21(13-18)31(33,34)35/h4-7,12-16,29,37,41H,2-3,8-11H2,1H3,(H,38,40). The Balaban J connectivity index is 1.35. The quantitative estimate of drug-likeness (QED) is 0.155. The van der Waals surface area contributed by atoms with Crippen LogP contribution in [0.3, 0.4) is 0 Å². The van der Waals surface area contributed by atoms with E-state index in [4.69, 9.17) is 9.47 Å². The number of hydrogen-bond donors (Lipinski definition) is 3. The molecule has 0 radical (unpaired) electrons. The number of rotatable bonds is 8. The third kappa shape index (κ3) is 6.44. The molecule has 0 bridgehead atoms. The fraction of sp³-hybridized carbons (Fsp3) is 0.323. The number of nitrogens with zero attached hydrogens (tertiary/aromatic N) is 2. The van der Waals surface area contributed by atoms with Crippen LogP contribution in [0.15, 0.2) is 48.7 Å². The summed E-state index contributed by atoms with van der Waals surface area (Å²) in [4.78, 5) is 33.3. The zero-order chi connectivity index (χ0) is 31.9. The summed E-state index contributed by atoms with van der Waals surface area (Å²) in [6.45, 7) is 1.64. The van der Waals surface area contributed by atoms with Crippen molar-refractivity contribution in [3.63, 3.8) is 0 Å². The van der Waals surface area contributed by atoms with Crippen LogP contribution >= 0.6 is 11.3 Å². The number of carbonyl (C=O) groups excluding carboxylic acids is 2. The Hall–Kier alpha value is -4.27. The summed E-state index contributed by atoms with van der Waals surface area (Å²) >= 11 is 1.13. The molecule has 2 aromatic heterocycles. The van der Waals surface area contributed by atoms with E-state index in [1.807, 2.05) is 6.07 Å². The number of aliphatic hydroxyl groups excluding tert-OH is 1. The molecule has 1 aliphatic heterocycles. The number of anilines is 2. The summed E-state index contributed by atoms with van der Waals surface area (Å²) in [6.07, 6.45) is -2.96. The van der Waals surface area contributed by atoms with Gasteiger partial charge in [-0.1, -0.05) is 0 Å². The zero-order valence-corrected chi connectivity index (χ0v) is 24.7. The van der Waals surface area contributed by atoms with Crippen LogP contribution in [0.2, 0.25) is 0 Å². The highest BCUT2D eigenvalue weighted by Gasteiger charge is 2.35. The summed E-state index contributed by atoms with van der Waals surface area (Å²) in [6, 6.07) is 8.68. The number of alkyl halides is 3. The van der Waals surface area contributed by atoms with Gasteiger partial charge in [0.2, 0.25) is 0 Å². The van der Waals surface area contributed by atoms with E-state index in [9.17, 15) is 32.3 Å². The Labute approximate surface area is 258 Å². The number of carbonyl (C=O) groups is 2. The Morgan fingerprint density at radius 3 is 2.58 bits per heavy atom. The van der Waals surface area contributed by atoms with Crippen molar-refractivity contribution in [3.05, 3.63) is 81.7 Å². The highest BCUT2D eigenvalue weighted by molar-refractivity contribution is 7.19. The Morgan fingerprint density at radius 1 is 1.13 bits per heavy atom. The van der Waals surface area contributed by atoms with Crippen LogP contribution in [0.4, 0.5) is 28.9 Å². The average molecular weight is 645 g/mol. The van der Waals surface area contributed by atoms with Gasteiger partial charge in [-0.25, -0.2) is 4.39 Å². The molecular weight excluding hydrogens is 616 g/mol. The molecule has 14 heteroatoms. The minimum atomic E-state index is -4.94. The van der Waals surface area contributed by atoms with Crippen LogP contribution in [-0.2, 0) is 10.9 Å². The smallest absolute Gasteiger partial charge is 0.419 e. The highest BCUT2D eigenvalue weighted by atomic mass is 32.1. The van der Waals surface area contributed by atoms with Crippen LogP contribution < -0.4 is 15.4 Å². The molecular formula is C31H28F4N4O5S.